The van der Waals surface area contributed by atoms with Crippen molar-refractivity contribution in [1.29, 1.82) is 0 Å². The number of para-hydroxylation sites is 2. The third-order valence-electron chi connectivity index (χ3n) is 3.74. The summed E-state index contributed by atoms with van der Waals surface area (Å²) >= 11 is 0. The molecule has 0 aliphatic heterocycles. The molecule has 2 rings (SSSR count). The molecule has 2 aromatic carbocycles. The van der Waals surface area contributed by atoms with Crippen LogP contribution < -0.4 is 5.32 Å². The van der Waals surface area contributed by atoms with Gasteiger partial charge in [0.1, 0.15) is 0 Å². The van der Waals surface area contributed by atoms with Crippen molar-refractivity contribution in [3.63, 3.8) is 0 Å². The Bertz CT molecular complexity index is 765. The van der Waals surface area contributed by atoms with E-state index in [9.17, 15) is 0 Å². The summed E-state index contributed by atoms with van der Waals surface area (Å²) in [6.07, 6.45) is 0. The highest BCUT2D eigenvalue weighted by Gasteiger charge is 2.09. The molecule has 0 heterocycles. The van der Waals surface area contributed by atoms with Gasteiger partial charge < -0.3 is 15.1 Å². The smallest absolute Gasteiger partial charge is 0.231 e. The molecule has 1 N–H and O–H groups in total. The highest BCUT2D eigenvalue weighted by Crippen LogP contribution is 2.19. The molecule has 0 amide bonds. The molecule has 0 radical (unpaired) electrons. The summed E-state index contributed by atoms with van der Waals surface area (Å²) in [6.45, 7) is 4.11. The van der Waals surface area contributed by atoms with Crippen LogP contribution in [-0.2, 0) is 0 Å². The number of hydrogen-bond acceptors (Lipinski definition) is 1. The first-order valence-corrected chi connectivity index (χ1v) is 8.29. The minimum atomic E-state index is 0.556. The lowest BCUT2D eigenvalue weighted by Gasteiger charge is -2.23. The number of nitrogens with one attached hydrogen (secondary N) is 1. The summed E-state index contributed by atoms with van der Waals surface area (Å²) < 4.78 is 0. The Hall–Kier alpha value is -2.82. The van der Waals surface area contributed by atoms with Crippen molar-refractivity contribution in [3.05, 3.63) is 59.7 Å². The number of guanidine groups is 2. The molecule has 5 heteroatoms. The highest BCUT2D eigenvalue weighted by molar-refractivity contribution is 6.03. The molecule has 0 aliphatic rings. The van der Waals surface area contributed by atoms with Crippen LogP contribution in [0.5, 0.6) is 0 Å². The molecular weight excluding hydrogens is 310 g/mol. The molecule has 0 saturated heterocycles. The topological polar surface area (TPSA) is 43.2 Å². The van der Waals surface area contributed by atoms with E-state index in [1.807, 2.05) is 87.4 Å². The zero-order chi connectivity index (χ0) is 18.4. The van der Waals surface area contributed by atoms with E-state index in [0.29, 0.717) is 5.96 Å². The number of aryl methyl sites for hydroxylation is 2. The van der Waals surface area contributed by atoms with Crippen molar-refractivity contribution in [1.82, 2.24) is 9.80 Å². The maximum Gasteiger partial charge on any atom is 0.231 e. The fraction of sp³-hybridized carbons (Fsp3) is 0.300. The van der Waals surface area contributed by atoms with Gasteiger partial charge in [-0.3, -0.25) is 0 Å². The van der Waals surface area contributed by atoms with Gasteiger partial charge in [0.15, 0.2) is 0 Å². The fourth-order valence-electron chi connectivity index (χ4n) is 2.41. The zero-order valence-electron chi connectivity index (χ0n) is 15.9. The van der Waals surface area contributed by atoms with Gasteiger partial charge in [-0.25, -0.2) is 4.99 Å². The van der Waals surface area contributed by atoms with Gasteiger partial charge in [-0.1, -0.05) is 36.4 Å². The zero-order valence-corrected chi connectivity index (χ0v) is 15.9. The lowest BCUT2D eigenvalue weighted by Crippen LogP contribution is -2.36. The predicted octanol–water partition coefficient (Wildman–Crippen LogP) is 3.88. The highest BCUT2D eigenvalue weighted by atomic mass is 15.4. The Labute approximate surface area is 150 Å². The van der Waals surface area contributed by atoms with Crippen molar-refractivity contribution >= 4 is 23.3 Å². The van der Waals surface area contributed by atoms with Crippen LogP contribution in [0.25, 0.3) is 0 Å². The van der Waals surface area contributed by atoms with Gasteiger partial charge in [-0.15, -0.1) is 0 Å². The van der Waals surface area contributed by atoms with Crippen molar-refractivity contribution in [2.75, 3.05) is 33.5 Å². The summed E-state index contributed by atoms with van der Waals surface area (Å²) in [6, 6.07) is 16.2. The van der Waals surface area contributed by atoms with E-state index in [-0.39, 0.29) is 0 Å². The molecule has 0 unspecified atom stereocenters. The van der Waals surface area contributed by atoms with E-state index in [4.69, 9.17) is 9.98 Å². The Balaban J connectivity index is 2.50. The van der Waals surface area contributed by atoms with Crippen LogP contribution >= 0.6 is 0 Å². The van der Waals surface area contributed by atoms with Crippen LogP contribution in [0.4, 0.5) is 11.4 Å². The molecule has 5 nitrogen and oxygen atoms in total. The number of benzene rings is 2. The van der Waals surface area contributed by atoms with E-state index in [0.717, 1.165) is 28.5 Å². The van der Waals surface area contributed by atoms with E-state index < -0.39 is 0 Å². The first-order chi connectivity index (χ1) is 11.9. The molecule has 2 aromatic rings. The van der Waals surface area contributed by atoms with Crippen molar-refractivity contribution in [2.24, 2.45) is 9.98 Å². The quantitative estimate of drug-likeness (QED) is 0.668. The molecule has 25 heavy (non-hydrogen) atoms. The minimum Gasteiger partial charge on any atom is -0.349 e. The first-order valence-electron chi connectivity index (χ1n) is 8.29. The Morgan fingerprint density at radius 3 is 1.92 bits per heavy atom. The van der Waals surface area contributed by atoms with Crippen molar-refractivity contribution < 1.29 is 0 Å². The Morgan fingerprint density at radius 1 is 0.800 bits per heavy atom. The van der Waals surface area contributed by atoms with Crippen LogP contribution in [0.3, 0.4) is 0 Å². The molecule has 132 valence electrons. The minimum absolute atomic E-state index is 0.556. The largest absolute Gasteiger partial charge is 0.349 e. The first kappa shape index (κ1) is 18.5. The van der Waals surface area contributed by atoms with E-state index in [1.54, 1.807) is 0 Å². The average Bonchev–Trinajstić information content (AvgIpc) is 2.55. The van der Waals surface area contributed by atoms with E-state index in [1.165, 1.54) is 0 Å². The Morgan fingerprint density at radius 2 is 1.36 bits per heavy atom. The van der Waals surface area contributed by atoms with Crippen molar-refractivity contribution in [3.8, 4) is 0 Å². The maximum atomic E-state index is 4.76. The van der Waals surface area contributed by atoms with Crippen LogP contribution in [-0.4, -0.2) is 49.9 Å². The standard InChI is InChI=1S/C20H27N5/c1-15-11-7-9-13-17(15)21-19(23-20(24(3)4)25(5)6)22-18-14-10-8-12-16(18)2/h7-14H,1-6H3,(H,21,22). The summed E-state index contributed by atoms with van der Waals surface area (Å²) in [4.78, 5) is 13.4. The normalized spacial score (nSPS) is 11.0. The molecule has 0 spiro atoms. The van der Waals surface area contributed by atoms with Gasteiger partial charge in [-0.05, 0) is 37.1 Å². The van der Waals surface area contributed by atoms with Crippen molar-refractivity contribution in [2.45, 2.75) is 13.8 Å². The maximum absolute atomic E-state index is 4.76. The summed E-state index contributed by atoms with van der Waals surface area (Å²) in [5, 5.41) is 3.37. The third kappa shape index (κ3) is 5.08. The molecule has 0 saturated carbocycles. The van der Waals surface area contributed by atoms with Crippen LogP contribution in [0, 0.1) is 13.8 Å². The SMILES string of the molecule is Cc1ccccc1/N=C(\N=C(N(C)C)N(C)C)Nc1ccccc1C. The van der Waals surface area contributed by atoms with Gasteiger partial charge in [0, 0.05) is 33.9 Å². The number of hydrogen-bond donors (Lipinski definition) is 1. The number of aliphatic imine (C=N–C) groups is 2. The molecular formula is C20H27N5. The van der Waals surface area contributed by atoms with Gasteiger partial charge in [0.2, 0.25) is 11.9 Å². The van der Waals surface area contributed by atoms with Gasteiger partial charge in [0.25, 0.3) is 0 Å². The predicted molar refractivity (Wildman–Crippen MR) is 108 cm³/mol. The van der Waals surface area contributed by atoms with E-state index >= 15 is 0 Å². The van der Waals surface area contributed by atoms with E-state index in [2.05, 4.69) is 18.3 Å². The average molecular weight is 337 g/mol. The molecule has 0 fully saturated rings. The lowest BCUT2D eigenvalue weighted by molar-refractivity contribution is 0.485. The Kier molecular flexibility index (Phi) is 6.17. The fourth-order valence-corrected chi connectivity index (χ4v) is 2.41. The third-order valence-corrected chi connectivity index (χ3v) is 3.74. The second-order valence-electron chi connectivity index (χ2n) is 6.36. The second kappa shape index (κ2) is 8.33. The lowest BCUT2D eigenvalue weighted by atomic mass is 10.2. The number of nitrogens with zero attached hydrogens (tertiary/aromatic N) is 4. The number of anilines is 1. The van der Waals surface area contributed by atoms with Gasteiger partial charge in [-0.2, -0.15) is 4.99 Å². The molecule has 0 atom stereocenters. The second-order valence-corrected chi connectivity index (χ2v) is 6.36. The van der Waals surface area contributed by atoms with Gasteiger partial charge in [0.05, 0.1) is 5.69 Å². The van der Waals surface area contributed by atoms with Crippen LogP contribution in [0.2, 0.25) is 0 Å². The number of rotatable bonds is 2. The van der Waals surface area contributed by atoms with Gasteiger partial charge >= 0.3 is 0 Å². The molecule has 0 bridgehead atoms. The van der Waals surface area contributed by atoms with Crippen LogP contribution in [0.15, 0.2) is 58.5 Å². The molecule has 0 aromatic heterocycles. The molecule has 0 aliphatic carbocycles. The summed E-state index contributed by atoms with van der Waals surface area (Å²) in [5.41, 5.74) is 4.15. The summed E-state index contributed by atoms with van der Waals surface area (Å²) in [5.74, 6) is 1.37. The van der Waals surface area contributed by atoms with Crippen LogP contribution in [0.1, 0.15) is 11.1 Å². The monoisotopic (exact) mass is 337 g/mol. The summed E-state index contributed by atoms with van der Waals surface area (Å²) in [7, 11) is 7.88.